The van der Waals surface area contributed by atoms with Gasteiger partial charge in [-0.1, -0.05) is 25.1 Å². The fourth-order valence-electron chi connectivity index (χ4n) is 2.23. The summed E-state index contributed by atoms with van der Waals surface area (Å²) in [5, 5.41) is 3.07. The lowest BCUT2D eigenvalue weighted by molar-refractivity contribution is 0.491. The lowest BCUT2D eigenvalue weighted by atomic mass is 9.98. The zero-order valence-corrected chi connectivity index (χ0v) is 13.1. The maximum absolute atomic E-state index is 14.1. The molecular weight excluding hydrogens is 343 g/mol. The van der Waals surface area contributed by atoms with E-state index in [1.807, 2.05) is 6.92 Å². The predicted octanol–water partition coefficient (Wildman–Crippen LogP) is 4.76. The second-order valence-electron chi connectivity index (χ2n) is 4.69. The quantitative estimate of drug-likeness (QED) is 0.760. The third-order valence-corrected chi connectivity index (χ3v) is 3.86. The molecule has 0 aliphatic heterocycles. The minimum atomic E-state index is -0.539. The molecule has 21 heavy (non-hydrogen) atoms. The van der Waals surface area contributed by atoms with Crippen LogP contribution in [0.1, 0.15) is 24.1 Å². The summed E-state index contributed by atoms with van der Waals surface area (Å²) in [5.74, 6) is -1.41. The van der Waals surface area contributed by atoms with Crippen LogP contribution in [0.15, 0.2) is 40.9 Å². The molecule has 0 aliphatic rings. The number of hydrogen-bond acceptors (Lipinski definition) is 1. The standard InChI is InChI=1S/C16H15BrF3N/c1-2-21-16(7-10-5-3-4-6-13(10)18)11-8-15(20)12(17)9-14(11)19/h3-6,8-9,16,21H,2,7H2,1H3. The molecule has 0 radical (unpaired) electrons. The molecule has 1 atom stereocenters. The molecule has 1 unspecified atom stereocenters. The molecule has 2 rings (SSSR count). The fraction of sp³-hybridized carbons (Fsp3) is 0.250. The van der Waals surface area contributed by atoms with E-state index in [9.17, 15) is 13.2 Å². The first-order valence-corrected chi connectivity index (χ1v) is 7.43. The van der Waals surface area contributed by atoms with Gasteiger partial charge in [0.05, 0.1) is 4.47 Å². The monoisotopic (exact) mass is 357 g/mol. The molecule has 0 bridgehead atoms. The minimum absolute atomic E-state index is 0.0740. The Balaban J connectivity index is 2.35. The molecule has 1 nitrogen and oxygen atoms in total. The van der Waals surface area contributed by atoms with Crippen molar-refractivity contribution in [3.05, 3.63) is 69.4 Å². The van der Waals surface area contributed by atoms with Crippen LogP contribution in [-0.4, -0.2) is 6.54 Å². The predicted molar refractivity (Wildman–Crippen MR) is 80.6 cm³/mol. The average molecular weight is 358 g/mol. The summed E-state index contributed by atoms with van der Waals surface area (Å²) in [7, 11) is 0. The lowest BCUT2D eigenvalue weighted by Gasteiger charge is -2.20. The summed E-state index contributed by atoms with van der Waals surface area (Å²) >= 11 is 2.95. The smallest absolute Gasteiger partial charge is 0.137 e. The normalized spacial score (nSPS) is 12.4. The summed E-state index contributed by atoms with van der Waals surface area (Å²) in [5.41, 5.74) is 0.659. The van der Waals surface area contributed by atoms with E-state index in [1.165, 1.54) is 6.07 Å². The largest absolute Gasteiger partial charge is 0.310 e. The van der Waals surface area contributed by atoms with E-state index in [1.54, 1.807) is 18.2 Å². The zero-order chi connectivity index (χ0) is 15.4. The summed E-state index contributed by atoms with van der Waals surface area (Å²) < 4.78 is 41.6. The SMILES string of the molecule is CCNC(Cc1ccccc1F)c1cc(F)c(Br)cc1F. The van der Waals surface area contributed by atoms with Crippen LogP contribution >= 0.6 is 15.9 Å². The maximum atomic E-state index is 14.1. The van der Waals surface area contributed by atoms with E-state index >= 15 is 0 Å². The van der Waals surface area contributed by atoms with Gasteiger partial charge in [0.25, 0.3) is 0 Å². The van der Waals surface area contributed by atoms with Gasteiger partial charge in [0, 0.05) is 11.6 Å². The highest BCUT2D eigenvalue weighted by molar-refractivity contribution is 9.10. The number of benzene rings is 2. The molecule has 0 aromatic heterocycles. The van der Waals surface area contributed by atoms with Crippen molar-refractivity contribution in [2.24, 2.45) is 0 Å². The van der Waals surface area contributed by atoms with Gasteiger partial charge in [-0.3, -0.25) is 0 Å². The molecule has 0 saturated heterocycles. The van der Waals surface area contributed by atoms with Gasteiger partial charge in [-0.15, -0.1) is 0 Å². The molecule has 0 saturated carbocycles. The molecule has 1 N–H and O–H groups in total. The molecule has 0 aliphatic carbocycles. The van der Waals surface area contributed by atoms with Crippen LogP contribution in [0.3, 0.4) is 0 Å². The zero-order valence-electron chi connectivity index (χ0n) is 11.5. The van der Waals surface area contributed by atoms with E-state index in [2.05, 4.69) is 21.2 Å². The number of likely N-dealkylation sites (N-methyl/N-ethyl adjacent to an activating group) is 1. The first-order chi connectivity index (χ1) is 10.0. The van der Waals surface area contributed by atoms with Crippen molar-refractivity contribution in [2.75, 3.05) is 6.54 Å². The van der Waals surface area contributed by atoms with Crippen LogP contribution in [0.25, 0.3) is 0 Å². The third-order valence-electron chi connectivity index (χ3n) is 3.25. The molecule has 2 aromatic carbocycles. The number of rotatable bonds is 5. The van der Waals surface area contributed by atoms with Gasteiger partial charge in [0.1, 0.15) is 17.5 Å². The van der Waals surface area contributed by atoms with Gasteiger partial charge in [0.2, 0.25) is 0 Å². The van der Waals surface area contributed by atoms with Crippen LogP contribution in [0.4, 0.5) is 13.2 Å². The van der Waals surface area contributed by atoms with Crippen LogP contribution in [0.5, 0.6) is 0 Å². The highest BCUT2D eigenvalue weighted by Crippen LogP contribution is 2.27. The second kappa shape index (κ2) is 7.09. The Labute approximate surface area is 130 Å². The van der Waals surface area contributed by atoms with E-state index < -0.39 is 17.7 Å². The van der Waals surface area contributed by atoms with Crippen LogP contribution in [0.2, 0.25) is 0 Å². The first kappa shape index (κ1) is 16.0. The average Bonchev–Trinajstić information content (AvgIpc) is 2.45. The molecule has 0 amide bonds. The first-order valence-electron chi connectivity index (χ1n) is 6.64. The van der Waals surface area contributed by atoms with E-state index in [-0.39, 0.29) is 22.3 Å². The summed E-state index contributed by atoms with van der Waals surface area (Å²) in [6.07, 6.45) is 0.249. The Kier molecular flexibility index (Phi) is 5.42. The molecule has 112 valence electrons. The number of halogens is 4. The topological polar surface area (TPSA) is 12.0 Å². The van der Waals surface area contributed by atoms with E-state index in [0.717, 1.165) is 12.1 Å². The van der Waals surface area contributed by atoms with Crippen LogP contribution < -0.4 is 5.32 Å². The highest BCUT2D eigenvalue weighted by atomic mass is 79.9. The number of nitrogens with one attached hydrogen (secondary N) is 1. The van der Waals surface area contributed by atoms with Crippen molar-refractivity contribution < 1.29 is 13.2 Å². The Hall–Kier alpha value is -1.33. The summed E-state index contributed by atoms with van der Waals surface area (Å²) in [4.78, 5) is 0. The fourth-order valence-corrected chi connectivity index (χ4v) is 2.54. The van der Waals surface area contributed by atoms with Gasteiger partial charge in [-0.2, -0.15) is 0 Å². The van der Waals surface area contributed by atoms with Crippen molar-refractivity contribution in [3.63, 3.8) is 0 Å². The molecule has 0 spiro atoms. The van der Waals surface area contributed by atoms with E-state index in [4.69, 9.17) is 0 Å². The van der Waals surface area contributed by atoms with Crippen molar-refractivity contribution in [2.45, 2.75) is 19.4 Å². The summed E-state index contributed by atoms with van der Waals surface area (Å²) in [6, 6.07) is 8.07. The van der Waals surface area contributed by atoms with Gasteiger partial charge >= 0.3 is 0 Å². The van der Waals surface area contributed by atoms with Crippen LogP contribution in [-0.2, 0) is 6.42 Å². The highest BCUT2D eigenvalue weighted by Gasteiger charge is 2.19. The Morgan fingerprint density at radius 1 is 1.05 bits per heavy atom. The van der Waals surface area contributed by atoms with Gasteiger partial charge < -0.3 is 5.32 Å². The second-order valence-corrected chi connectivity index (χ2v) is 5.55. The maximum Gasteiger partial charge on any atom is 0.137 e. The molecule has 0 fully saturated rings. The molecule has 2 aromatic rings. The van der Waals surface area contributed by atoms with Crippen molar-refractivity contribution in [3.8, 4) is 0 Å². The Morgan fingerprint density at radius 2 is 1.76 bits per heavy atom. The van der Waals surface area contributed by atoms with Crippen LogP contribution in [0, 0.1) is 17.5 Å². The van der Waals surface area contributed by atoms with Gasteiger partial charge in [-0.05, 0) is 52.7 Å². The van der Waals surface area contributed by atoms with Crippen molar-refractivity contribution in [1.29, 1.82) is 0 Å². The van der Waals surface area contributed by atoms with E-state index in [0.29, 0.717) is 12.1 Å². The van der Waals surface area contributed by atoms with Gasteiger partial charge in [0.15, 0.2) is 0 Å². The van der Waals surface area contributed by atoms with Crippen molar-refractivity contribution >= 4 is 15.9 Å². The van der Waals surface area contributed by atoms with Gasteiger partial charge in [-0.25, -0.2) is 13.2 Å². The number of hydrogen-bond donors (Lipinski definition) is 1. The van der Waals surface area contributed by atoms with Crippen molar-refractivity contribution in [1.82, 2.24) is 5.32 Å². The molecule has 5 heteroatoms. The third kappa shape index (κ3) is 3.86. The molecular formula is C16H15BrF3N. The molecule has 0 heterocycles. The summed E-state index contributed by atoms with van der Waals surface area (Å²) in [6.45, 7) is 2.43. The minimum Gasteiger partial charge on any atom is -0.310 e. The Bertz CT molecular complexity index is 631. The Morgan fingerprint density at radius 3 is 2.43 bits per heavy atom. The lowest BCUT2D eigenvalue weighted by Crippen LogP contribution is -2.24.